The van der Waals surface area contributed by atoms with Crippen molar-refractivity contribution in [3.05, 3.63) is 45.7 Å². The smallest absolute Gasteiger partial charge is 0.341 e. The van der Waals surface area contributed by atoms with Gasteiger partial charge < -0.3 is 73.0 Å². The first-order chi connectivity index (χ1) is 34.3. The molecule has 0 amide bonds. The maximum atomic E-state index is 14.3. The van der Waals surface area contributed by atoms with Gasteiger partial charge in [0, 0.05) is 84.0 Å². The average molecular weight is 1030 g/mol. The Bertz CT molecular complexity index is 2280. The number of carbonyl (C=O) groups is 3. The lowest BCUT2D eigenvalue weighted by Gasteiger charge is -2.50. The fraction of sp³-hybridized carbons (Fsp3) is 0.774. The van der Waals surface area contributed by atoms with Crippen LogP contribution in [0.2, 0.25) is 0 Å². The first kappa shape index (κ1) is 58.6. The molecule has 4 N–H and O–H groups in total. The summed E-state index contributed by atoms with van der Waals surface area (Å²) in [7, 11) is 10.4. The Kier molecular flexibility index (Phi) is 19.4. The zero-order valence-electron chi connectivity index (χ0n) is 45.1. The molecule has 4 heterocycles. The molecule has 4 aliphatic rings. The lowest BCUT2D eigenvalue weighted by molar-refractivity contribution is -0.322. The molecule has 0 spiro atoms. The maximum absolute atomic E-state index is 14.3. The van der Waals surface area contributed by atoms with Crippen LogP contribution in [-0.4, -0.2) is 194 Å². The number of aliphatic hydroxyl groups excluding tert-OH is 2. The van der Waals surface area contributed by atoms with Gasteiger partial charge in [-0.1, -0.05) is 19.9 Å². The summed E-state index contributed by atoms with van der Waals surface area (Å²) in [5.41, 5.74) is -3.53. The quantitative estimate of drug-likeness (QED) is 0.123. The molecular formula is C53H83N3O17. The third-order valence-electron chi connectivity index (χ3n) is 16.0. The molecule has 2 aromatic rings. The van der Waals surface area contributed by atoms with Crippen LogP contribution in [0, 0.1) is 17.8 Å². The van der Waals surface area contributed by atoms with E-state index < -0.39 is 113 Å². The summed E-state index contributed by atoms with van der Waals surface area (Å²) in [4.78, 5) is 55.0. The number of esters is 1. The highest BCUT2D eigenvalue weighted by Gasteiger charge is 2.59. The highest BCUT2D eigenvalue weighted by molar-refractivity contribution is 5.93. The van der Waals surface area contributed by atoms with Crippen LogP contribution < -0.4 is 10.4 Å². The van der Waals surface area contributed by atoms with E-state index in [0.29, 0.717) is 56.4 Å². The second kappa shape index (κ2) is 24.1. The number of hydrogen-bond donors (Lipinski definition) is 4. The van der Waals surface area contributed by atoms with Crippen LogP contribution in [0.1, 0.15) is 109 Å². The molecule has 3 saturated heterocycles. The minimum Gasteiger partial charge on any atom is -0.477 e. The van der Waals surface area contributed by atoms with E-state index in [2.05, 4.69) is 0 Å². The molecule has 0 bridgehead atoms. The van der Waals surface area contributed by atoms with E-state index in [4.69, 9.17) is 42.6 Å². The molecule has 20 heteroatoms. The molecule has 1 aromatic carbocycles. The number of carboxylic acid groups (broad SMARTS) is 1. The van der Waals surface area contributed by atoms with E-state index in [-0.39, 0.29) is 43.4 Å². The molecule has 0 unspecified atom stereocenters. The number of ketones is 1. The first-order valence-electron chi connectivity index (χ1n) is 25.8. The average Bonchev–Trinajstić information content (AvgIpc) is 3.34. The largest absolute Gasteiger partial charge is 0.477 e. The van der Waals surface area contributed by atoms with Gasteiger partial charge in [0.05, 0.1) is 47.1 Å². The van der Waals surface area contributed by atoms with E-state index in [1.807, 2.05) is 58.8 Å². The Morgan fingerprint density at radius 1 is 0.890 bits per heavy atom. The van der Waals surface area contributed by atoms with Gasteiger partial charge in [0.2, 0.25) is 5.43 Å². The van der Waals surface area contributed by atoms with Gasteiger partial charge in [-0.3, -0.25) is 19.1 Å². The fourth-order valence-electron chi connectivity index (χ4n) is 11.4. The second-order valence-corrected chi connectivity index (χ2v) is 21.8. The molecule has 412 valence electrons. The summed E-state index contributed by atoms with van der Waals surface area (Å²) in [6.45, 7) is 13.8. The molecule has 1 aliphatic carbocycles. The number of benzene rings is 1. The van der Waals surface area contributed by atoms with Gasteiger partial charge in [-0.15, -0.1) is 0 Å². The van der Waals surface area contributed by atoms with E-state index in [1.165, 1.54) is 13.3 Å². The molecule has 1 saturated carbocycles. The third-order valence-corrected chi connectivity index (χ3v) is 16.0. The Hall–Kier alpha value is -3.64. The van der Waals surface area contributed by atoms with Crippen LogP contribution in [-0.2, 0) is 58.6 Å². The first-order valence-corrected chi connectivity index (χ1v) is 25.8. The van der Waals surface area contributed by atoms with Crippen LogP contribution >= 0.6 is 0 Å². The number of nitrogens with zero attached hydrogens (tertiary/aromatic N) is 3. The molecule has 17 atom stereocenters. The lowest BCUT2D eigenvalue weighted by atomic mass is 9.69. The number of carbonyl (C=O) groups excluding carboxylic acids is 2. The number of ether oxygens (including phenoxy) is 9. The SMILES string of the molecule is CO[C@]1(C)C[C@@H](C)C(=O)[C@@H](O)[C@@]2(O)CC[C@H]2OC(=O)[C@H](C)[C@@H](O[C@H]2C[C@@](C)(OC)[C@@H](OCCCOCCCc3ccc4c(c3)c(=O)c(C(=O)O)cn4N(C)C)[C@H](C)O2)[C@H](C)[C@H]1O[C@@H]1O[C@H](C)C[C@H](N(C)C)[C@H]1O. The van der Waals surface area contributed by atoms with Gasteiger partial charge >= 0.3 is 11.9 Å². The molecule has 20 nitrogen and oxygen atoms in total. The number of aryl methyl sites for hydroxylation is 1. The number of likely N-dealkylation sites (N-methyl/N-ethyl adjacent to an activating group) is 1. The standard InChI is InChI=1S/C53H83N3O17/c1-29-26-51(6,65-12)46(73-50-43(59)38(54(8)9)24-30(2)69-50)31(3)44(32(4)49(63)71-39-19-20-53(39,64)45(60)41(29)57)72-40-27-52(7,66-13)47(33(5)70-40)68-23-15-22-67-21-14-16-34-17-18-37-35(25-34)42(58)36(48(61)62)28-56(37)55(10)11/h17-18,25,28-33,38-40,43-47,50,59-60,64H,14-16,19-24,26-27H2,1-13H3,(H,61,62)/t29-,30-,31+,32-,33+,38+,39-,40+,43-,44+,45-,46-,47+,50+,51-,52-,53-/m1/s1. The fourth-order valence-corrected chi connectivity index (χ4v) is 11.4. The molecular weight excluding hydrogens is 951 g/mol. The Morgan fingerprint density at radius 3 is 2.18 bits per heavy atom. The van der Waals surface area contributed by atoms with Gasteiger partial charge in [-0.05, 0) is 111 Å². The van der Waals surface area contributed by atoms with Crippen LogP contribution in [0.25, 0.3) is 10.9 Å². The number of Topliss-reactive ketones (excluding diaryl/α,β-unsaturated/α-hetero) is 1. The molecule has 73 heavy (non-hydrogen) atoms. The van der Waals surface area contributed by atoms with Crippen molar-refractivity contribution >= 4 is 28.6 Å². The zero-order valence-corrected chi connectivity index (χ0v) is 45.1. The second-order valence-electron chi connectivity index (χ2n) is 21.8. The van der Waals surface area contributed by atoms with Crippen LogP contribution in [0.4, 0.5) is 0 Å². The molecule has 1 aromatic heterocycles. The summed E-state index contributed by atoms with van der Waals surface area (Å²) in [6, 6.07) is 5.19. The van der Waals surface area contributed by atoms with E-state index in [0.717, 1.165) is 5.56 Å². The predicted octanol–water partition coefficient (Wildman–Crippen LogP) is 3.44. The lowest BCUT2D eigenvalue weighted by Crippen LogP contribution is -2.64. The van der Waals surface area contributed by atoms with E-state index in [9.17, 15) is 39.6 Å². The van der Waals surface area contributed by atoms with Gasteiger partial charge in [0.1, 0.15) is 35.6 Å². The monoisotopic (exact) mass is 1030 g/mol. The normalized spacial score (nSPS) is 37.7. The summed E-state index contributed by atoms with van der Waals surface area (Å²) >= 11 is 0. The topological polar surface area (TPSA) is 244 Å². The van der Waals surface area contributed by atoms with Crippen LogP contribution in [0.3, 0.4) is 0 Å². The highest BCUT2D eigenvalue weighted by Crippen LogP contribution is 2.44. The Balaban J connectivity index is 1.14. The minimum atomic E-state index is -1.98. The summed E-state index contributed by atoms with van der Waals surface area (Å²) in [6.07, 6.45) is -5.28. The number of aliphatic hydroxyl groups is 3. The number of pyridine rings is 1. The number of rotatable bonds is 18. The van der Waals surface area contributed by atoms with Crippen molar-refractivity contribution < 1.29 is 77.4 Å². The van der Waals surface area contributed by atoms with Crippen molar-refractivity contribution in [1.82, 2.24) is 9.58 Å². The summed E-state index contributed by atoms with van der Waals surface area (Å²) in [5.74, 6) is -5.25. The number of methoxy groups -OCH3 is 2. The molecule has 6 rings (SSSR count). The zero-order chi connectivity index (χ0) is 53.9. The maximum Gasteiger partial charge on any atom is 0.341 e. The van der Waals surface area contributed by atoms with Crippen molar-refractivity contribution in [1.29, 1.82) is 0 Å². The highest BCUT2D eigenvalue weighted by atomic mass is 16.7. The van der Waals surface area contributed by atoms with Crippen molar-refractivity contribution in [2.45, 2.75) is 184 Å². The van der Waals surface area contributed by atoms with Crippen LogP contribution in [0.15, 0.2) is 29.2 Å². The third kappa shape index (κ3) is 12.6. The van der Waals surface area contributed by atoms with Crippen LogP contribution in [0.5, 0.6) is 0 Å². The predicted molar refractivity (Wildman–Crippen MR) is 268 cm³/mol. The van der Waals surface area contributed by atoms with Gasteiger partial charge in [0.15, 0.2) is 18.4 Å². The van der Waals surface area contributed by atoms with Gasteiger partial charge in [0.25, 0.3) is 0 Å². The minimum absolute atomic E-state index is 0.0224. The number of hydrogen-bond acceptors (Lipinski definition) is 18. The molecule has 3 aliphatic heterocycles. The number of fused-ring (bicyclic) bond motifs is 2. The van der Waals surface area contributed by atoms with Crippen molar-refractivity contribution in [3.63, 3.8) is 0 Å². The van der Waals surface area contributed by atoms with E-state index in [1.54, 1.807) is 57.7 Å². The van der Waals surface area contributed by atoms with E-state index >= 15 is 0 Å². The number of aromatic carboxylic acids is 1. The summed E-state index contributed by atoms with van der Waals surface area (Å²) in [5, 5.41) is 46.4. The molecule has 0 radical (unpaired) electrons. The van der Waals surface area contributed by atoms with Gasteiger partial charge in [-0.25, -0.2) is 4.79 Å². The number of carboxylic acids is 1. The van der Waals surface area contributed by atoms with Crippen molar-refractivity contribution in [2.24, 2.45) is 17.8 Å². The van der Waals surface area contributed by atoms with Crippen molar-refractivity contribution in [3.8, 4) is 0 Å². The Morgan fingerprint density at radius 2 is 1.56 bits per heavy atom. The molecule has 4 fully saturated rings. The van der Waals surface area contributed by atoms with Gasteiger partial charge in [-0.2, -0.15) is 0 Å². The summed E-state index contributed by atoms with van der Waals surface area (Å²) < 4.78 is 59.1. The van der Waals surface area contributed by atoms with Crippen molar-refractivity contribution in [2.75, 3.05) is 67.2 Å². The number of aromatic nitrogens is 1. The Labute approximate surface area is 429 Å².